The van der Waals surface area contributed by atoms with Gasteiger partial charge in [0.25, 0.3) is 0 Å². The molecular weight excluding hydrogens is 475 g/mol. The highest BCUT2D eigenvalue weighted by Crippen LogP contribution is 2.29. The summed E-state index contributed by atoms with van der Waals surface area (Å²) >= 11 is 0. The fraction of sp³-hybridized carbons (Fsp3) is 0.429. The van der Waals surface area contributed by atoms with E-state index >= 15 is 0 Å². The molecule has 2 unspecified atom stereocenters. The highest BCUT2D eigenvalue weighted by Gasteiger charge is 2.30. The number of hydrogen-bond donors (Lipinski definition) is 3. The van der Waals surface area contributed by atoms with Gasteiger partial charge in [-0.05, 0) is 59.6 Å². The van der Waals surface area contributed by atoms with Gasteiger partial charge in [-0.25, -0.2) is 13.2 Å². The van der Waals surface area contributed by atoms with E-state index in [2.05, 4.69) is 4.52 Å². The molecule has 0 saturated carbocycles. The van der Waals surface area contributed by atoms with E-state index in [9.17, 15) is 36.0 Å². The summed E-state index contributed by atoms with van der Waals surface area (Å²) in [6.07, 6.45) is -3.12. The van der Waals surface area contributed by atoms with Crippen molar-refractivity contribution in [2.24, 2.45) is 5.73 Å². The zero-order valence-corrected chi connectivity index (χ0v) is 18.5. The van der Waals surface area contributed by atoms with Gasteiger partial charge in [0.05, 0.1) is 17.7 Å². The molecule has 2 aromatic rings. The molecule has 0 heterocycles. The van der Waals surface area contributed by atoms with Crippen molar-refractivity contribution in [3.8, 4) is 0 Å². The van der Waals surface area contributed by atoms with Crippen molar-refractivity contribution in [2.45, 2.75) is 37.4 Å². The van der Waals surface area contributed by atoms with Gasteiger partial charge in [-0.15, -0.1) is 4.52 Å². The number of benzene rings is 2. The van der Waals surface area contributed by atoms with E-state index in [1.807, 2.05) is 0 Å². The summed E-state index contributed by atoms with van der Waals surface area (Å²) in [5, 5.41) is 17.6. The zero-order chi connectivity index (χ0) is 25.1. The van der Waals surface area contributed by atoms with Crippen LogP contribution in [0.25, 0.3) is 0 Å². The average molecular weight is 500 g/mol. The van der Waals surface area contributed by atoms with Crippen molar-refractivity contribution in [1.29, 1.82) is 0 Å². The second-order valence-electron chi connectivity index (χ2n) is 7.25. The summed E-state index contributed by atoms with van der Waals surface area (Å²) in [6.45, 7) is -0.539. The Morgan fingerprint density at radius 2 is 1.58 bits per heavy atom. The van der Waals surface area contributed by atoms with Crippen molar-refractivity contribution in [3.63, 3.8) is 0 Å². The Morgan fingerprint density at radius 3 is 2.09 bits per heavy atom. The molecule has 0 amide bonds. The first-order valence-electron chi connectivity index (χ1n) is 9.75. The molecule has 12 heteroatoms. The quantitative estimate of drug-likeness (QED) is 0.257. The maximum Gasteiger partial charge on any atom is 0.494 e. The number of nitrogens with two attached hydrogens (primary N) is 1. The molecule has 0 radical (unpaired) electrons. The van der Waals surface area contributed by atoms with Gasteiger partial charge in [0.2, 0.25) is 0 Å². The molecule has 2 atom stereocenters. The lowest BCUT2D eigenvalue weighted by molar-refractivity contribution is -0.137. The lowest BCUT2D eigenvalue weighted by Gasteiger charge is -2.24. The van der Waals surface area contributed by atoms with Crippen LogP contribution in [0.15, 0.2) is 36.4 Å². The van der Waals surface area contributed by atoms with Crippen LogP contribution in [-0.4, -0.2) is 35.6 Å². The Morgan fingerprint density at radius 1 is 0.939 bits per heavy atom. The Labute approximate surface area is 188 Å². The topological polar surface area (TPSA) is 92.8 Å². The molecule has 5 nitrogen and oxygen atoms in total. The van der Waals surface area contributed by atoms with E-state index in [1.54, 1.807) is 0 Å². The highest BCUT2D eigenvalue weighted by molar-refractivity contribution is 7.17. The minimum absolute atomic E-state index is 0.0773. The Balaban J connectivity index is 0.000000361. The normalized spacial score (nSPS) is 13.4. The second-order valence-corrected chi connectivity index (χ2v) is 7.70. The van der Waals surface area contributed by atoms with Gasteiger partial charge in [-0.1, -0.05) is 18.2 Å². The van der Waals surface area contributed by atoms with Crippen LogP contribution < -0.4 is 5.73 Å². The van der Waals surface area contributed by atoms with Crippen molar-refractivity contribution in [1.82, 2.24) is 0 Å². The van der Waals surface area contributed by atoms with Gasteiger partial charge in [0.15, 0.2) is 17.5 Å². The molecule has 2 rings (SSSR count). The fourth-order valence-electron chi connectivity index (χ4n) is 2.65. The van der Waals surface area contributed by atoms with Crippen molar-refractivity contribution >= 4 is 8.69 Å². The molecule has 0 spiro atoms. The van der Waals surface area contributed by atoms with E-state index in [0.29, 0.717) is 24.8 Å². The molecule has 0 aliphatic carbocycles. The number of aliphatic hydroxyl groups is 2. The van der Waals surface area contributed by atoms with E-state index in [1.165, 1.54) is 18.2 Å². The number of hydrogen-bond acceptors (Lipinski definition) is 5. The highest BCUT2D eigenvalue weighted by atomic mass is 31.1. The van der Waals surface area contributed by atoms with E-state index in [0.717, 1.165) is 18.2 Å². The van der Waals surface area contributed by atoms with Gasteiger partial charge in [-0.2, -0.15) is 13.2 Å². The maximum atomic E-state index is 12.9. The summed E-state index contributed by atoms with van der Waals surface area (Å²) in [5.74, 6) is -3.80. The van der Waals surface area contributed by atoms with Gasteiger partial charge in [0, 0.05) is 6.61 Å². The van der Waals surface area contributed by atoms with Crippen LogP contribution in [0.5, 0.6) is 0 Å². The molecule has 0 aliphatic heterocycles. The van der Waals surface area contributed by atoms with Crippen molar-refractivity contribution in [3.05, 3.63) is 70.5 Å². The van der Waals surface area contributed by atoms with Gasteiger partial charge in [-0.3, -0.25) is 0 Å². The van der Waals surface area contributed by atoms with Crippen LogP contribution in [-0.2, 0) is 28.1 Å². The van der Waals surface area contributed by atoms with Crippen molar-refractivity contribution < 1.29 is 45.6 Å². The lowest BCUT2D eigenvalue weighted by Crippen LogP contribution is -2.47. The third-order valence-corrected chi connectivity index (χ3v) is 4.91. The predicted octanol–water partition coefficient (Wildman–Crippen LogP) is 4.31. The monoisotopic (exact) mass is 500 g/mol. The molecule has 0 aromatic heterocycles. The molecular formula is C21H25F6NO4P+. The summed E-state index contributed by atoms with van der Waals surface area (Å²) < 4.78 is 90.0. The van der Waals surface area contributed by atoms with E-state index in [-0.39, 0.29) is 31.8 Å². The summed E-state index contributed by atoms with van der Waals surface area (Å²) in [5.41, 5.74) is 4.84. The first-order valence-corrected chi connectivity index (χ1v) is 10.6. The minimum atomic E-state index is -4.36. The average Bonchev–Trinajstić information content (AvgIpc) is 2.79. The lowest BCUT2D eigenvalue weighted by atomic mass is 9.93. The first kappa shape index (κ1) is 29.0. The van der Waals surface area contributed by atoms with E-state index in [4.69, 9.17) is 10.8 Å². The molecule has 0 fully saturated rings. The molecule has 184 valence electrons. The Kier molecular flexibility index (Phi) is 12.0. The summed E-state index contributed by atoms with van der Waals surface area (Å²) in [7, 11) is -0.969. The summed E-state index contributed by atoms with van der Waals surface area (Å²) in [4.78, 5) is 0. The van der Waals surface area contributed by atoms with Gasteiger partial charge in [0.1, 0.15) is 6.61 Å². The standard InChI is InChI=1S/C12H16F3NO3P.C9H9F3O/c13-12(14,15)10-3-1-9(2-4-10)5-6-11(16,7-17)8-19-20-18;10-7-4-3-6(2-1-5-13)8(11)9(7)12/h1-4,17,20H,5-8,16H2;3-4,13H,1-2,5H2/q+1;. The minimum Gasteiger partial charge on any atom is -0.396 e. The number of rotatable bonds is 10. The molecule has 4 N–H and O–H groups in total. The first-order chi connectivity index (χ1) is 15.5. The van der Waals surface area contributed by atoms with Crippen molar-refractivity contribution in [2.75, 3.05) is 19.8 Å². The molecule has 0 saturated heterocycles. The summed E-state index contributed by atoms with van der Waals surface area (Å²) in [6, 6.07) is 6.81. The largest absolute Gasteiger partial charge is 0.494 e. The number of aliphatic hydroxyl groups excluding tert-OH is 2. The van der Waals surface area contributed by atoms with Crippen LogP contribution in [0.2, 0.25) is 0 Å². The molecule has 33 heavy (non-hydrogen) atoms. The van der Waals surface area contributed by atoms with E-state index < -0.39 is 43.4 Å². The van der Waals surface area contributed by atoms with Crippen LogP contribution in [0, 0.1) is 17.5 Å². The molecule has 0 aliphatic rings. The third kappa shape index (κ3) is 9.77. The zero-order valence-electron chi connectivity index (χ0n) is 17.5. The Hall–Kier alpha value is -2.04. The Bertz CT molecular complexity index is 882. The maximum absolute atomic E-state index is 12.9. The number of alkyl halides is 3. The van der Waals surface area contributed by atoms with Gasteiger partial charge < -0.3 is 15.9 Å². The van der Waals surface area contributed by atoms with Gasteiger partial charge >= 0.3 is 14.9 Å². The second kappa shape index (κ2) is 13.6. The van der Waals surface area contributed by atoms with Crippen LogP contribution in [0.1, 0.15) is 29.5 Å². The smallest absolute Gasteiger partial charge is 0.396 e. The molecule has 0 bridgehead atoms. The van der Waals surface area contributed by atoms with Crippen LogP contribution >= 0.6 is 8.69 Å². The molecule has 2 aromatic carbocycles. The number of aryl methyl sites for hydroxylation is 2. The predicted molar refractivity (Wildman–Crippen MR) is 110 cm³/mol. The SMILES string of the molecule is NC(CO)(CCc1ccc(C(F)(F)F)cc1)CO[PH+]=O.OCCCc1ccc(F)c(F)c1F. The third-order valence-electron chi connectivity index (χ3n) is 4.65. The fourth-order valence-corrected chi connectivity index (χ4v) is 3.00. The van der Waals surface area contributed by atoms with Crippen LogP contribution in [0.3, 0.4) is 0 Å². The van der Waals surface area contributed by atoms with Crippen LogP contribution in [0.4, 0.5) is 26.3 Å². The number of halogens is 6.